The average molecular weight is 226 g/mol. The van der Waals surface area contributed by atoms with E-state index in [4.69, 9.17) is 0 Å². The normalized spacial score (nSPS) is 12.7. The van der Waals surface area contributed by atoms with Crippen molar-refractivity contribution in [3.05, 3.63) is 22.7 Å². The second kappa shape index (κ2) is 5.98. The lowest BCUT2D eigenvalue weighted by Crippen LogP contribution is -1.99. The first-order chi connectivity index (χ1) is 7.15. The van der Waals surface area contributed by atoms with Gasteiger partial charge in [0.2, 0.25) is 0 Å². The summed E-state index contributed by atoms with van der Waals surface area (Å²) in [6, 6.07) is 0. The highest BCUT2D eigenvalue weighted by molar-refractivity contribution is 7.05. The van der Waals surface area contributed by atoms with Crippen molar-refractivity contribution in [3.8, 4) is 0 Å². The molecule has 1 aromatic rings. The Bertz CT molecular complexity index is 322. The number of aliphatic hydroxyl groups is 1. The maximum atomic E-state index is 9.96. The topological polar surface area (TPSA) is 46.0 Å². The lowest BCUT2D eigenvalue weighted by molar-refractivity contribution is 0.170. The highest BCUT2D eigenvalue weighted by Gasteiger charge is 2.15. The predicted octanol–water partition coefficient (Wildman–Crippen LogP) is 2.88. The third kappa shape index (κ3) is 3.72. The highest BCUT2D eigenvalue weighted by atomic mass is 32.1. The van der Waals surface area contributed by atoms with Crippen LogP contribution < -0.4 is 0 Å². The Morgan fingerprint density at radius 2 is 2.33 bits per heavy atom. The third-order valence-corrected chi connectivity index (χ3v) is 3.09. The fourth-order valence-electron chi connectivity index (χ4n) is 1.39. The molecule has 1 unspecified atom stereocenters. The summed E-state index contributed by atoms with van der Waals surface area (Å²) in [5.74, 6) is 0. The molecule has 0 aliphatic carbocycles. The van der Waals surface area contributed by atoms with E-state index in [1.165, 1.54) is 11.5 Å². The molecule has 0 aliphatic heterocycles. The molecule has 0 radical (unpaired) electrons. The fourth-order valence-corrected chi connectivity index (χ4v) is 2.11. The van der Waals surface area contributed by atoms with Crippen LogP contribution in [0.15, 0.2) is 12.2 Å². The SMILES string of the molecule is C=C(C)CCC(O)c1snnc1CCC. The minimum atomic E-state index is -0.428. The first-order valence-corrected chi connectivity index (χ1v) is 6.06. The second-order valence-corrected chi connectivity index (χ2v) is 4.63. The van der Waals surface area contributed by atoms with Gasteiger partial charge in [0.15, 0.2) is 0 Å². The van der Waals surface area contributed by atoms with Crippen molar-refractivity contribution >= 4 is 11.5 Å². The van der Waals surface area contributed by atoms with E-state index in [1.807, 2.05) is 6.92 Å². The number of aliphatic hydroxyl groups excluding tert-OH is 1. The monoisotopic (exact) mass is 226 g/mol. The molecule has 1 aromatic heterocycles. The zero-order valence-electron chi connectivity index (χ0n) is 9.36. The number of hydrogen-bond donors (Lipinski definition) is 1. The van der Waals surface area contributed by atoms with E-state index in [1.54, 1.807) is 0 Å². The summed E-state index contributed by atoms with van der Waals surface area (Å²) in [4.78, 5) is 0.929. The van der Waals surface area contributed by atoms with Gasteiger partial charge in [-0.05, 0) is 37.7 Å². The third-order valence-electron chi connectivity index (χ3n) is 2.22. The number of allylic oxidation sites excluding steroid dienone is 1. The molecule has 15 heavy (non-hydrogen) atoms. The first-order valence-electron chi connectivity index (χ1n) is 5.28. The van der Waals surface area contributed by atoms with E-state index < -0.39 is 6.10 Å². The Labute approximate surface area is 95.0 Å². The van der Waals surface area contributed by atoms with Crippen molar-refractivity contribution in [1.29, 1.82) is 0 Å². The Morgan fingerprint density at radius 3 is 2.93 bits per heavy atom. The zero-order valence-corrected chi connectivity index (χ0v) is 10.2. The molecule has 0 spiro atoms. The van der Waals surface area contributed by atoms with E-state index in [0.29, 0.717) is 0 Å². The van der Waals surface area contributed by atoms with Gasteiger partial charge < -0.3 is 5.11 Å². The van der Waals surface area contributed by atoms with Crippen LogP contribution in [0.4, 0.5) is 0 Å². The van der Waals surface area contributed by atoms with Crippen LogP contribution in [-0.4, -0.2) is 14.7 Å². The molecule has 1 N–H and O–H groups in total. The molecular weight excluding hydrogens is 208 g/mol. The van der Waals surface area contributed by atoms with Crippen molar-refractivity contribution in [2.24, 2.45) is 0 Å². The molecule has 1 rings (SSSR count). The standard InChI is InChI=1S/C11H18N2OS/c1-4-5-9-11(15-13-12-9)10(14)7-6-8(2)3/h10,14H,2,4-7H2,1,3H3. The quantitative estimate of drug-likeness (QED) is 0.759. The molecular formula is C11H18N2OS. The molecule has 0 aromatic carbocycles. The lowest BCUT2D eigenvalue weighted by atomic mass is 10.1. The molecule has 4 heteroatoms. The van der Waals surface area contributed by atoms with Gasteiger partial charge in [-0.15, -0.1) is 11.7 Å². The van der Waals surface area contributed by atoms with Crippen molar-refractivity contribution in [2.75, 3.05) is 0 Å². The molecule has 0 amide bonds. The van der Waals surface area contributed by atoms with Crippen LogP contribution in [-0.2, 0) is 6.42 Å². The van der Waals surface area contributed by atoms with Gasteiger partial charge in [-0.3, -0.25) is 0 Å². The summed E-state index contributed by atoms with van der Waals surface area (Å²) < 4.78 is 3.90. The molecule has 1 atom stereocenters. The van der Waals surface area contributed by atoms with E-state index in [-0.39, 0.29) is 0 Å². The summed E-state index contributed by atoms with van der Waals surface area (Å²) in [6.07, 6.45) is 3.07. The summed E-state index contributed by atoms with van der Waals surface area (Å²) in [5, 5.41) is 14.0. The number of nitrogens with zero attached hydrogens (tertiary/aromatic N) is 2. The highest BCUT2D eigenvalue weighted by Crippen LogP contribution is 2.26. The van der Waals surface area contributed by atoms with Crippen LogP contribution in [0.25, 0.3) is 0 Å². The van der Waals surface area contributed by atoms with E-state index >= 15 is 0 Å². The summed E-state index contributed by atoms with van der Waals surface area (Å²) in [7, 11) is 0. The molecule has 1 heterocycles. The summed E-state index contributed by atoms with van der Waals surface area (Å²) >= 11 is 1.31. The molecule has 0 bridgehead atoms. The van der Waals surface area contributed by atoms with Gasteiger partial charge >= 0.3 is 0 Å². The maximum absolute atomic E-state index is 9.96. The molecule has 84 valence electrons. The van der Waals surface area contributed by atoms with Crippen LogP contribution in [0.2, 0.25) is 0 Å². The molecule has 0 saturated carbocycles. The number of aromatic nitrogens is 2. The minimum absolute atomic E-state index is 0.428. The molecule has 3 nitrogen and oxygen atoms in total. The molecule has 0 fully saturated rings. The van der Waals surface area contributed by atoms with Gasteiger partial charge in [0, 0.05) is 0 Å². The summed E-state index contributed by atoms with van der Waals surface area (Å²) in [6.45, 7) is 7.91. The second-order valence-electron chi connectivity index (χ2n) is 3.85. The van der Waals surface area contributed by atoms with Gasteiger partial charge in [0.05, 0.1) is 16.7 Å². The number of rotatable bonds is 6. The smallest absolute Gasteiger partial charge is 0.0920 e. The first kappa shape index (κ1) is 12.3. The van der Waals surface area contributed by atoms with E-state index in [2.05, 4.69) is 23.1 Å². The maximum Gasteiger partial charge on any atom is 0.0920 e. The Morgan fingerprint density at radius 1 is 1.60 bits per heavy atom. The van der Waals surface area contributed by atoms with Gasteiger partial charge in [0.1, 0.15) is 0 Å². The summed E-state index contributed by atoms with van der Waals surface area (Å²) in [5.41, 5.74) is 2.06. The number of hydrogen-bond acceptors (Lipinski definition) is 4. The van der Waals surface area contributed by atoms with Gasteiger partial charge in [-0.2, -0.15) is 0 Å². The Balaban J connectivity index is 2.59. The molecule has 0 aliphatic rings. The van der Waals surface area contributed by atoms with Crippen LogP contribution in [0.3, 0.4) is 0 Å². The fraction of sp³-hybridized carbons (Fsp3) is 0.636. The van der Waals surface area contributed by atoms with Crippen molar-refractivity contribution < 1.29 is 5.11 Å². The van der Waals surface area contributed by atoms with Crippen LogP contribution >= 0.6 is 11.5 Å². The Kier molecular flexibility index (Phi) is 4.91. The van der Waals surface area contributed by atoms with E-state index in [0.717, 1.165) is 41.8 Å². The van der Waals surface area contributed by atoms with Gasteiger partial charge in [-0.25, -0.2) is 0 Å². The number of aryl methyl sites for hydroxylation is 1. The zero-order chi connectivity index (χ0) is 11.3. The van der Waals surface area contributed by atoms with E-state index in [9.17, 15) is 5.11 Å². The Hall–Kier alpha value is -0.740. The largest absolute Gasteiger partial charge is 0.387 e. The van der Waals surface area contributed by atoms with Crippen LogP contribution in [0.5, 0.6) is 0 Å². The van der Waals surface area contributed by atoms with Gasteiger partial charge in [-0.1, -0.05) is 23.4 Å². The molecule has 0 saturated heterocycles. The average Bonchev–Trinajstić information content (AvgIpc) is 2.63. The minimum Gasteiger partial charge on any atom is -0.387 e. The van der Waals surface area contributed by atoms with Gasteiger partial charge in [0.25, 0.3) is 0 Å². The van der Waals surface area contributed by atoms with Crippen LogP contribution in [0.1, 0.15) is 49.8 Å². The lowest BCUT2D eigenvalue weighted by Gasteiger charge is -2.08. The van der Waals surface area contributed by atoms with Crippen LogP contribution in [0, 0.1) is 0 Å². The van der Waals surface area contributed by atoms with Crippen molar-refractivity contribution in [3.63, 3.8) is 0 Å². The van der Waals surface area contributed by atoms with Crippen molar-refractivity contribution in [1.82, 2.24) is 9.59 Å². The van der Waals surface area contributed by atoms with Crippen molar-refractivity contribution in [2.45, 2.75) is 45.6 Å². The predicted molar refractivity (Wildman–Crippen MR) is 62.9 cm³/mol.